The lowest BCUT2D eigenvalue weighted by atomic mass is 9.80. The summed E-state index contributed by atoms with van der Waals surface area (Å²) in [6, 6.07) is 0. The Labute approximate surface area is 102 Å². The molecular formula is C13H20O4. The van der Waals surface area contributed by atoms with Crippen molar-refractivity contribution in [1.82, 2.24) is 0 Å². The van der Waals surface area contributed by atoms with Crippen LogP contribution >= 0.6 is 0 Å². The average molecular weight is 240 g/mol. The van der Waals surface area contributed by atoms with Gasteiger partial charge in [-0.2, -0.15) is 0 Å². The molecule has 0 amide bonds. The minimum Gasteiger partial charge on any atom is -0.466 e. The maximum Gasteiger partial charge on any atom is 0.310 e. The Bertz CT molecular complexity index is 319. The van der Waals surface area contributed by atoms with E-state index in [1.807, 2.05) is 13.0 Å². The molecular weight excluding hydrogens is 220 g/mol. The normalized spacial score (nSPS) is 23.8. The molecule has 1 aliphatic rings. The Hall–Kier alpha value is -1.32. The number of allylic oxidation sites excluding steroid dienone is 2. The minimum absolute atomic E-state index is 0.294. The second-order valence-corrected chi connectivity index (χ2v) is 4.21. The SMILES string of the molecule is CCOC(=O)[C@H]1CC=C(C)C[C@@H]1C(=O)OCC. The molecule has 0 saturated heterocycles. The molecule has 0 fully saturated rings. The summed E-state index contributed by atoms with van der Waals surface area (Å²) in [6.45, 7) is 6.18. The monoisotopic (exact) mass is 240 g/mol. The van der Waals surface area contributed by atoms with Gasteiger partial charge in [0, 0.05) is 0 Å². The predicted molar refractivity (Wildman–Crippen MR) is 63.2 cm³/mol. The zero-order chi connectivity index (χ0) is 12.8. The molecule has 96 valence electrons. The number of hydrogen-bond donors (Lipinski definition) is 0. The molecule has 4 heteroatoms. The van der Waals surface area contributed by atoms with Gasteiger partial charge in [0.2, 0.25) is 0 Å². The topological polar surface area (TPSA) is 52.6 Å². The zero-order valence-corrected chi connectivity index (χ0v) is 10.7. The summed E-state index contributed by atoms with van der Waals surface area (Å²) < 4.78 is 10.0. The van der Waals surface area contributed by atoms with E-state index < -0.39 is 5.92 Å². The molecule has 0 heterocycles. The average Bonchev–Trinajstić information content (AvgIpc) is 2.29. The summed E-state index contributed by atoms with van der Waals surface area (Å²) in [4.78, 5) is 23.6. The Balaban J connectivity index is 2.77. The highest BCUT2D eigenvalue weighted by molar-refractivity contribution is 5.83. The third-order valence-corrected chi connectivity index (χ3v) is 2.93. The van der Waals surface area contributed by atoms with Crippen LogP contribution in [0.1, 0.15) is 33.6 Å². The lowest BCUT2D eigenvalue weighted by Gasteiger charge is -2.27. The van der Waals surface area contributed by atoms with Gasteiger partial charge in [-0.1, -0.05) is 11.6 Å². The summed E-state index contributed by atoms with van der Waals surface area (Å²) in [5, 5.41) is 0. The zero-order valence-electron chi connectivity index (χ0n) is 10.7. The number of esters is 2. The molecule has 0 N–H and O–H groups in total. The van der Waals surface area contributed by atoms with Crippen molar-refractivity contribution in [2.75, 3.05) is 13.2 Å². The van der Waals surface area contributed by atoms with Gasteiger partial charge in [0.05, 0.1) is 25.0 Å². The molecule has 17 heavy (non-hydrogen) atoms. The van der Waals surface area contributed by atoms with Crippen LogP contribution in [0.4, 0.5) is 0 Å². The Morgan fingerprint density at radius 3 is 2.24 bits per heavy atom. The third kappa shape index (κ3) is 3.58. The summed E-state index contributed by atoms with van der Waals surface area (Å²) >= 11 is 0. The van der Waals surface area contributed by atoms with Gasteiger partial charge < -0.3 is 9.47 Å². The van der Waals surface area contributed by atoms with Gasteiger partial charge in [-0.15, -0.1) is 0 Å². The lowest BCUT2D eigenvalue weighted by Crippen LogP contribution is -2.34. The Kier molecular flexibility index (Phi) is 5.19. The van der Waals surface area contributed by atoms with Crippen molar-refractivity contribution in [3.8, 4) is 0 Å². The van der Waals surface area contributed by atoms with Crippen molar-refractivity contribution in [3.63, 3.8) is 0 Å². The number of carbonyl (C=O) groups is 2. The first-order valence-corrected chi connectivity index (χ1v) is 6.09. The molecule has 1 aliphatic carbocycles. The quantitative estimate of drug-likeness (QED) is 0.557. The van der Waals surface area contributed by atoms with Gasteiger partial charge in [0.1, 0.15) is 0 Å². The molecule has 0 saturated carbocycles. The molecule has 0 aliphatic heterocycles. The summed E-state index contributed by atoms with van der Waals surface area (Å²) in [5.41, 5.74) is 1.13. The molecule has 0 spiro atoms. The second-order valence-electron chi connectivity index (χ2n) is 4.21. The third-order valence-electron chi connectivity index (χ3n) is 2.93. The minimum atomic E-state index is -0.391. The van der Waals surface area contributed by atoms with E-state index in [1.165, 1.54) is 0 Å². The van der Waals surface area contributed by atoms with Crippen LogP contribution in [-0.4, -0.2) is 25.2 Å². The van der Waals surface area contributed by atoms with Crippen LogP contribution in [0.25, 0.3) is 0 Å². The maximum absolute atomic E-state index is 11.8. The molecule has 0 aromatic rings. The second kappa shape index (κ2) is 6.42. The van der Waals surface area contributed by atoms with Crippen LogP contribution < -0.4 is 0 Å². The predicted octanol–water partition coefficient (Wildman–Crippen LogP) is 2.09. The van der Waals surface area contributed by atoms with Gasteiger partial charge >= 0.3 is 11.9 Å². The first kappa shape index (κ1) is 13.7. The summed E-state index contributed by atoms with van der Waals surface area (Å²) in [6.07, 6.45) is 3.15. The fourth-order valence-electron chi connectivity index (χ4n) is 2.07. The molecule has 4 nitrogen and oxygen atoms in total. The standard InChI is InChI=1S/C13H20O4/c1-4-16-12(14)10-7-6-9(3)8-11(10)13(15)17-5-2/h6,10-11H,4-5,7-8H2,1-3H3/t10-,11-/m0/s1. The van der Waals surface area contributed by atoms with Crippen molar-refractivity contribution in [2.24, 2.45) is 11.8 Å². The highest BCUT2D eigenvalue weighted by Gasteiger charge is 2.37. The number of rotatable bonds is 4. The van der Waals surface area contributed by atoms with E-state index in [1.54, 1.807) is 13.8 Å². The first-order chi connectivity index (χ1) is 8.10. The van der Waals surface area contributed by atoms with Crippen molar-refractivity contribution >= 4 is 11.9 Å². The number of ether oxygens (including phenoxy) is 2. The van der Waals surface area contributed by atoms with Crippen LogP contribution in [-0.2, 0) is 19.1 Å². The van der Waals surface area contributed by atoms with Gasteiger partial charge in [-0.25, -0.2) is 0 Å². The van der Waals surface area contributed by atoms with Crippen molar-refractivity contribution < 1.29 is 19.1 Å². The van der Waals surface area contributed by atoms with Crippen LogP contribution in [0, 0.1) is 11.8 Å². The molecule has 0 aromatic carbocycles. The highest BCUT2D eigenvalue weighted by atomic mass is 16.5. The maximum atomic E-state index is 11.8. The number of carbonyl (C=O) groups excluding carboxylic acids is 2. The van der Waals surface area contributed by atoms with Crippen molar-refractivity contribution in [3.05, 3.63) is 11.6 Å². The van der Waals surface area contributed by atoms with E-state index in [0.717, 1.165) is 5.57 Å². The molecule has 0 bridgehead atoms. The molecule has 0 aromatic heterocycles. The van der Waals surface area contributed by atoms with E-state index in [-0.39, 0.29) is 17.9 Å². The van der Waals surface area contributed by atoms with E-state index >= 15 is 0 Å². The lowest BCUT2D eigenvalue weighted by molar-refractivity contribution is -0.160. The molecule has 0 radical (unpaired) electrons. The first-order valence-electron chi connectivity index (χ1n) is 6.09. The fourth-order valence-corrected chi connectivity index (χ4v) is 2.07. The van der Waals surface area contributed by atoms with E-state index in [0.29, 0.717) is 26.1 Å². The summed E-state index contributed by atoms with van der Waals surface area (Å²) in [7, 11) is 0. The summed E-state index contributed by atoms with van der Waals surface area (Å²) in [5.74, 6) is -1.37. The highest BCUT2D eigenvalue weighted by Crippen LogP contribution is 2.31. The molecule has 2 atom stereocenters. The van der Waals surface area contributed by atoms with Gasteiger partial charge in [-0.3, -0.25) is 9.59 Å². The van der Waals surface area contributed by atoms with E-state index in [9.17, 15) is 9.59 Å². The Morgan fingerprint density at radius 2 is 1.71 bits per heavy atom. The van der Waals surface area contributed by atoms with Crippen LogP contribution in [0.15, 0.2) is 11.6 Å². The smallest absolute Gasteiger partial charge is 0.310 e. The van der Waals surface area contributed by atoms with E-state index in [2.05, 4.69) is 0 Å². The van der Waals surface area contributed by atoms with Gasteiger partial charge in [0.15, 0.2) is 0 Å². The van der Waals surface area contributed by atoms with Crippen LogP contribution in [0.2, 0.25) is 0 Å². The fraction of sp³-hybridized carbons (Fsp3) is 0.692. The molecule has 1 rings (SSSR count). The largest absolute Gasteiger partial charge is 0.466 e. The van der Waals surface area contributed by atoms with Crippen LogP contribution in [0.5, 0.6) is 0 Å². The number of hydrogen-bond acceptors (Lipinski definition) is 4. The van der Waals surface area contributed by atoms with E-state index in [4.69, 9.17) is 9.47 Å². The Morgan fingerprint density at radius 1 is 1.18 bits per heavy atom. The van der Waals surface area contributed by atoms with Gasteiger partial charge in [0.25, 0.3) is 0 Å². The molecule has 0 unspecified atom stereocenters. The van der Waals surface area contributed by atoms with Gasteiger partial charge in [-0.05, 0) is 33.6 Å². The van der Waals surface area contributed by atoms with Crippen LogP contribution in [0.3, 0.4) is 0 Å². The van der Waals surface area contributed by atoms with Crippen molar-refractivity contribution in [2.45, 2.75) is 33.6 Å². The van der Waals surface area contributed by atoms with Crippen molar-refractivity contribution in [1.29, 1.82) is 0 Å².